The van der Waals surface area contributed by atoms with Crippen LogP contribution >= 0.6 is 0 Å². The van der Waals surface area contributed by atoms with Gasteiger partial charge in [-0.25, -0.2) is 0 Å². The van der Waals surface area contributed by atoms with Crippen molar-refractivity contribution in [3.63, 3.8) is 0 Å². The Morgan fingerprint density at radius 2 is 1.07 bits per heavy atom. The van der Waals surface area contributed by atoms with Crippen LogP contribution in [0, 0.1) is 0 Å². The molecule has 0 bridgehead atoms. The molecule has 0 radical (unpaired) electrons. The summed E-state index contributed by atoms with van der Waals surface area (Å²) < 4.78 is 31.7. The summed E-state index contributed by atoms with van der Waals surface area (Å²) in [6.07, 6.45) is 19.4. The lowest BCUT2D eigenvalue weighted by Gasteiger charge is -2.18. The lowest BCUT2D eigenvalue weighted by atomic mass is 9.88. The molecule has 0 fully saturated rings. The molecule has 0 aliphatic heterocycles. The Balaban J connectivity index is 2.44. The Bertz CT molecular complexity index is 593. The maximum Gasteiger partial charge on any atom is 0.294 e. The summed E-state index contributed by atoms with van der Waals surface area (Å²) in [7, 11) is -4.11. The second kappa shape index (κ2) is 15.0. The number of hydrogen-bond donors (Lipinski definition) is 1. The molecule has 3 nitrogen and oxygen atoms in total. The van der Waals surface area contributed by atoms with Crippen LogP contribution in [0.1, 0.15) is 122 Å². The van der Waals surface area contributed by atoms with Crippen molar-refractivity contribution < 1.29 is 13.0 Å². The zero-order valence-corrected chi connectivity index (χ0v) is 19.0. The van der Waals surface area contributed by atoms with E-state index >= 15 is 0 Å². The molecule has 0 aliphatic rings. The van der Waals surface area contributed by atoms with Crippen molar-refractivity contribution in [1.82, 2.24) is 0 Å². The molecule has 162 valence electrons. The first-order valence-corrected chi connectivity index (χ1v) is 13.0. The van der Waals surface area contributed by atoms with Gasteiger partial charge in [0.15, 0.2) is 0 Å². The fourth-order valence-corrected chi connectivity index (χ4v) is 4.39. The van der Waals surface area contributed by atoms with Gasteiger partial charge < -0.3 is 0 Å². The topological polar surface area (TPSA) is 54.4 Å². The van der Waals surface area contributed by atoms with Crippen LogP contribution in [-0.4, -0.2) is 13.0 Å². The predicted octanol–water partition coefficient (Wildman–Crippen LogP) is 7.91. The lowest BCUT2D eigenvalue weighted by Crippen LogP contribution is -2.02. The third-order valence-electron chi connectivity index (χ3n) is 5.71. The first-order chi connectivity index (χ1) is 13.5. The Labute approximate surface area is 174 Å². The second-order valence-electron chi connectivity index (χ2n) is 8.21. The highest BCUT2D eigenvalue weighted by Crippen LogP contribution is 2.29. The van der Waals surface area contributed by atoms with E-state index in [1.165, 1.54) is 102 Å². The molecule has 0 saturated heterocycles. The third kappa shape index (κ3) is 11.2. The molecule has 1 aromatic carbocycles. The fraction of sp³-hybridized carbons (Fsp3) is 0.750. The van der Waals surface area contributed by atoms with Crippen LogP contribution in [0.5, 0.6) is 0 Å². The zero-order valence-electron chi connectivity index (χ0n) is 18.2. The van der Waals surface area contributed by atoms with E-state index in [4.69, 9.17) is 0 Å². The molecule has 4 heteroatoms. The molecule has 1 N–H and O–H groups in total. The average molecular weight is 411 g/mol. The van der Waals surface area contributed by atoms with Gasteiger partial charge in [0.05, 0.1) is 4.90 Å². The quantitative estimate of drug-likeness (QED) is 0.210. The van der Waals surface area contributed by atoms with E-state index in [-0.39, 0.29) is 4.90 Å². The van der Waals surface area contributed by atoms with Gasteiger partial charge in [0.2, 0.25) is 0 Å². The van der Waals surface area contributed by atoms with Gasteiger partial charge in [-0.15, -0.1) is 0 Å². The molecule has 0 heterocycles. The largest absolute Gasteiger partial charge is 0.294 e. The van der Waals surface area contributed by atoms with Crippen LogP contribution in [-0.2, 0) is 10.1 Å². The minimum absolute atomic E-state index is 0.0101. The third-order valence-corrected chi connectivity index (χ3v) is 6.58. The number of benzene rings is 1. The standard InChI is InChI=1S/C24H42O3S/c1-3-5-7-9-10-11-12-13-15-17-22(16-14-8-6-4-2)23-18-20-24(21-19-23)28(25,26)27/h18-22H,3-17H2,1-2H3,(H,25,26,27). The van der Waals surface area contributed by atoms with Gasteiger partial charge in [-0.3, -0.25) is 4.55 Å². The van der Waals surface area contributed by atoms with Crippen molar-refractivity contribution in [2.24, 2.45) is 0 Å². The molecule has 1 atom stereocenters. The second-order valence-corrected chi connectivity index (χ2v) is 9.63. The van der Waals surface area contributed by atoms with Gasteiger partial charge in [-0.1, -0.05) is 109 Å². The summed E-state index contributed by atoms with van der Waals surface area (Å²) in [5, 5.41) is 0. The van der Waals surface area contributed by atoms with Gasteiger partial charge in [-0.05, 0) is 36.5 Å². The Morgan fingerprint density at radius 1 is 0.679 bits per heavy atom. The van der Waals surface area contributed by atoms with Crippen LogP contribution in [0.4, 0.5) is 0 Å². The van der Waals surface area contributed by atoms with E-state index in [0.29, 0.717) is 5.92 Å². The van der Waals surface area contributed by atoms with E-state index in [0.717, 1.165) is 0 Å². The Kier molecular flexibility index (Phi) is 13.5. The molecular formula is C24H42O3S. The SMILES string of the molecule is CCCCCCCCCCCC(CCCCCC)c1ccc(S(=O)(=O)O)cc1. The minimum atomic E-state index is -4.11. The maximum atomic E-state index is 11.3. The van der Waals surface area contributed by atoms with Crippen molar-refractivity contribution >= 4 is 10.1 Å². The summed E-state index contributed by atoms with van der Waals surface area (Å²) in [6.45, 7) is 4.49. The summed E-state index contributed by atoms with van der Waals surface area (Å²) >= 11 is 0. The van der Waals surface area contributed by atoms with Crippen LogP contribution in [0.2, 0.25) is 0 Å². The van der Waals surface area contributed by atoms with Crippen molar-refractivity contribution in [2.75, 3.05) is 0 Å². The molecule has 0 aliphatic carbocycles. The number of unbranched alkanes of at least 4 members (excludes halogenated alkanes) is 11. The minimum Gasteiger partial charge on any atom is -0.282 e. The molecular weight excluding hydrogens is 368 g/mol. The maximum absolute atomic E-state index is 11.3. The predicted molar refractivity (Wildman–Crippen MR) is 120 cm³/mol. The van der Waals surface area contributed by atoms with E-state index in [2.05, 4.69) is 13.8 Å². The highest BCUT2D eigenvalue weighted by atomic mass is 32.2. The molecule has 0 saturated carbocycles. The first kappa shape index (κ1) is 25.2. The smallest absolute Gasteiger partial charge is 0.282 e. The Hall–Kier alpha value is -0.870. The highest BCUT2D eigenvalue weighted by molar-refractivity contribution is 7.85. The van der Waals surface area contributed by atoms with Gasteiger partial charge in [0, 0.05) is 0 Å². The van der Waals surface area contributed by atoms with Crippen LogP contribution < -0.4 is 0 Å². The van der Waals surface area contributed by atoms with Crippen LogP contribution in [0.3, 0.4) is 0 Å². The van der Waals surface area contributed by atoms with Crippen LogP contribution in [0.15, 0.2) is 29.2 Å². The number of hydrogen-bond acceptors (Lipinski definition) is 2. The lowest BCUT2D eigenvalue weighted by molar-refractivity contribution is 0.481. The Morgan fingerprint density at radius 3 is 1.50 bits per heavy atom. The zero-order chi connectivity index (χ0) is 20.7. The van der Waals surface area contributed by atoms with Crippen molar-refractivity contribution in [1.29, 1.82) is 0 Å². The molecule has 1 rings (SSSR count). The fourth-order valence-electron chi connectivity index (χ4n) is 3.91. The van der Waals surface area contributed by atoms with Crippen molar-refractivity contribution in [3.8, 4) is 0 Å². The molecule has 1 unspecified atom stereocenters. The van der Waals surface area contributed by atoms with E-state index in [9.17, 15) is 13.0 Å². The normalized spacial score (nSPS) is 13.0. The van der Waals surface area contributed by atoms with Gasteiger partial charge in [-0.2, -0.15) is 8.42 Å². The highest BCUT2D eigenvalue weighted by Gasteiger charge is 2.14. The van der Waals surface area contributed by atoms with Gasteiger partial charge in [0.1, 0.15) is 0 Å². The average Bonchev–Trinajstić information content (AvgIpc) is 2.67. The summed E-state index contributed by atoms with van der Waals surface area (Å²) in [6, 6.07) is 6.86. The summed E-state index contributed by atoms with van der Waals surface area (Å²) in [5.41, 5.74) is 1.21. The van der Waals surface area contributed by atoms with Gasteiger partial charge in [0.25, 0.3) is 10.1 Å². The molecule has 0 aromatic heterocycles. The van der Waals surface area contributed by atoms with E-state index in [1.807, 2.05) is 12.1 Å². The first-order valence-electron chi connectivity index (χ1n) is 11.6. The van der Waals surface area contributed by atoms with E-state index in [1.54, 1.807) is 12.1 Å². The monoisotopic (exact) mass is 410 g/mol. The molecule has 0 amide bonds. The summed E-state index contributed by atoms with van der Waals surface area (Å²) in [5.74, 6) is 0.497. The van der Waals surface area contributed by atoms with Crippen molar-refractivity contribution in [3.05, 3.63) is 29.8 Å². The van der Waals surface area contributed by atoms with Gasteiger partial charge >= 0.3 is 0 Å². The molecule has 1 aromatic rings. The van der Waals surface area contributed by atoms with Crippen LogP contribution in [0.25, 0.3) is 0 Å². The van der Waals surface area contributed by atoms with E-state index < -0.39 is 10.1 Å². The summed E-state index contributed by atoms with van der Waals surface area (Å²) in [4.78, 5) is -0.0101. The number of rotatable bonds is 17. The van der Waals surface area contributed by atoms with Crippen molar-refractivity contribution in [2.45, 2.75) is 121 Å². The molecule has 0 spiro atoms. The molecule has 28 heavy (non-hydrogen) atoms.